The Morgan fingerprint density at radius 1 is 1.71 bits per heavy atom. The molecule has 14 heavy (non-hydrogen) atoms. The Bertz CT molecular complexity index is 262. The molecule has 0 saturated heterocycles. The summed E-state index contributed by atoms with van der Waals surface area (Å²) in [6.45, 7) is 3.68. The van der Waals surface area contributed by atoms with Crippen LogP contribution in [0.25, 0.3) is 0 Å². The van der Waals surface area contributed by atoms with Crippen molar-refractivity contribution in [2.45, 2.75) is 19.9 Å². The Hall–Kier alpha value is -0.940. The van der Waals surface area contributed by atoms with Crippen LogP contribution >= 0.6 is 11.3 Å². The van der Waals surface area contributed by atoms with Crippen molar-refractivity contribution in [2.75, 3.05) is 13.2 Å². The SMILES string of the molecule is CCOC(=O)CCNCc1cncs1. The van der Waals surface area contributed by atoms with E-state index < -0.39 is 0 Å². The average molecular weight is 214 g/mol. The molecule has 1 N–H and O–H groups in total. The summed E-state index contributed by atoms with van der Waals surface area (Å²) in [5.74, 6) is -0.149. The molecule has 0 amide bonds. The first-order valence-corrected chi connectivity index (χ1v) is 5.44. The van der Waals surface area contributed by atoms with Crippen LogP contribution in [0.2, 0.25) is 0 Å². The van der Waals surface area contributed by atoms with E-state index in [0.29, 0.717) is 19.6 Å². The minimum atomic E-state index is -0.149. The van der Waals surface area contributed by atoms with Crippen LogP contribution in [0.1, 0.15) is 18.2 Å². The van der Waals surface area contributed by atoms with E-state index in [0.717, 1.165) is 6.54 Å². The predicted molar refractivity (Wildman–Crippen MR) is 55.1 cm³/mol. The predicted octanol–water partition coefficient (Wildman–Crippen LogP) is 1.19. The van der Waals surface area contributed by atoms with Gasteiger partial charge in [0.2, 0.25) is 0 Å². The highest BCUT2D eigenvalue weighted by Crippen LogP contribution is 2.03. The number of carbonyl (C=O) groups excluding carboxylic acids is 1. The molecular formula is C9H14N2O2S. The molecule has 1 heterocycles. The highest BCUT2D eigenvalue weighted by atomic mass is 32.1. The van der Waals surface area contributed by atoms with Crippen LogP contribution in [0.5, 0.6) is 0 Å². The van der Waals surface area contributed by atoms with Gasteiger partial charge in [-0.2, -0.15) is 0 Å². The quantitative estimate of drug-likeness (QED) is 0.571. The maximum Gasteiger partial charge on any atom is 0.307 e. The second-order valence-corrected chi connectivity index (χ2v) is 3.67. The summed E-state index contributed by atoms with van der Waals surface area (Å²) in [4.78, 5) is 16.1. The average Bonchev–Trinajstić information content (AvgIpc) is 2.65. The molecule has 4 nitrogen and oxygen atoms in total. The molecule has 0 unspecified atom stereocenters. The van der Waals surface area contributed by atoms with Crippen molar-refractivity contribution in [1.29, 1.82) is 0 Å². The van der Waals surface area contributed by atoms with Gasteiger partial charge in [0.05, 0.1) is 18.5 Å². The molecule has 1 aromatic heterocycles. The Morgan fingerprint density at radius 2 is 2.57 bits per heavy atom. The van der Waals surface area contributed by atoms with E-state index in [9.17, 15) is 4.79 Å². The van der Waals surface area contributed by atoms with E-state index in [1.54, 1.807) is 16.8 Å². The molecule has 0 aliphatic rings. The van der Waals surface area contributed by atoms with Crippen LogP contribution in [0, 0.1) is 0 Å². The van der Waals surface area contributed by atoms with Gasteiger partial charge in [-0.15, -0.1) is 11.3 Å². The van der Waals surface area contributed by atoms with Crippen molar-refractivity contribution in [3.05, 3.63) is 16.6 Å². The van der Waals surface area contributed by atoms with E-state index in [4.69, 9.17) is 4.74 Å². The topological polar surface area (TPSA) is 51.2 Å². The second-order valence-electron chi connectivity index (χ2n) is 2.70. The van der Waals surface area contributed by atoms with Crippen LogP contribution in [0.3, 0.4) is 0 Å². The van der Waals surface area contributed by atoms with Crippen molar-refractivity contribution in [3.8, 4) is 0 Å². The lowest BCUT2D eigenvalue weighted by Gasteiger charge is -2.02. The summed E-state index contributed by atoms with van der Waals surface area (Å²) >= 11 is 1.60. The molecule has 5 heteroatoms. The van der Waals surface area contributed by atoms with Crippen molar-refractivity contribution in [1.82, 2.24) is 10.3 Å². The highest BCUT2D eigenvalue weighted by molar-refractivity contribution is 7.09. The third-order valence-corrected chi connectivity index (χ3v) is 2.37. The van der Waals surface area contributed by atoms with Gasteiger partial charge < -0.3 is 10.1 Å². The second kappa shape index (κ2) is 6.50. The van der Waals surface area contributed by atoms with Crippen LogP contribution in [-0.4, -0.2) is 24.1 Å². The largest absolute Gasteiger partial charge is 0.466 e. The zero-order valence-electron chi connectivity index (χ0n) is 8.16. The summed E-state index contributed by atoms with van der Waals surface area (Å²) < 4.78 is 4.79. The Kier molecular flexibility index (Phi) is 5.17. The highest BCUT2D eigenvalue weighted by Gasteiger charge is 2.00. The van der Waals surface area contributed by atoms with Crippen LogP contribution in [0.15, 0.2) is 11.7 Å². The van der Waals surface area contributed by atoms with Gasteiger partial charge >= 0.3 is 5.97 Å². The molecule has 1 aromatic rings. The maximum atomic E-state index is 10.9. The summed E-state index contributed by atoms with van der Waals surface area (Å²) in [7, 11) is 0. The zero-order valence-corrected chi connectivity index (χ0v) is 8.97. The van der Waals surface area contributed by atoms with Crippen molar-refractivity contribution in [2.24, 2.45) is 0 Å². The molecule has 0 aromatic carbocycles. The lowest BCUT2D eigenvalue weighted by molar-refractivity contribution is -0.142. The Labute approximate surface area is 87.3 Å². The smallest absolute Gasteiger partial charge is 0.307 e. The number of esters is 1. The number of thiazole rings is 1. The number of nitrogens with zero attached hydrogens (tertiary/aromatic N) is 1. The van der Waals surface area contributed by atoms with E-state index >= 15 is 0 Å². The summed E-state index contributed by atoms with van der Waals surface area (Å²) in [5, 5.41) is 3.15. The lowest BCUT2D eigenvalue weighted by Crippen LogP contribution is -2.18. The summed E-state index contributed by atoms with van der Waals surface area (Å²) in [6.07, 6.45) is 2.24. The molecule has 0 bridgehead atoms. The zero-order chi connectivity index (χ0) is 10.2. The molecule has 0 atom stereocenters. The van der Waals surface area contributed by atoms with Crippen molar-refractivity contribution < 1.29 is 9.53 Å². The van der Waals surface area contributed by atoms with Gasteiger partial charge in [0.1, 0.15) is 0 Å². The molecule has 0 radical (unpaired) electrons. The fourth-order valence-corrected chi connectivity index (χ4v) is 1.53. The Morgan fingerprint density at radius 3 is 3.21 bits per heavy atom. The van der Waals surface area contributed by atoms with Crippen LogP contribution in [-0.2, 0) is 16.1 Å². The fraction of sp³-hybridized carbons (Fsp3) is 0.556. The molecular weight excluding hydrogens is 200 g/mol. The molecule has 0 aliphatic heterocycles. The molecule has 1 rings (SSSR count). The van der Waals surface area contributed by atoms with Crippen molar-refractivity contribution >= 4 is 17.3 Å². The third kappa shape index (κ3) is 4.34. The standard InChI is InChI=1S/C9H14N2O2S/c1-2-13-9(12)3-4-10-5-8-6-11-7-14-8/h6-7,10H,2-5H2,1H3. The fourth-order valence-electron chi connectivity index (χ4n) is 0.965. The first kappa shape index (κ1) is 11.1. The Balaban J connectivity index is 2.02. The molecule has 0 aliphatic carbocycles. The van der Waals surface area contributed by atoms with E-state index in [1.165, 1.54) is 4.88 Å². The van der Waals surface area contributed by atoms with Gasteiger partial charge in [-0.05, 0) is 6.92 Å². The summed E-state index contributed by atoms with van der Waals surface area (Å²) in [6, 6.07) is 0. The first-order chi connectivity index (χ1) is 6.83. The first-order valence-electron chi connectivity index (χ1n) is 4.56. The van der Waals surface area contributed by atoms with Gasteiger partial charge in [-0.1, -0.05) is 0 Å². The van der Waals surface area contributed by atoms with Crippen molar-refractivity contribution in [3.63, 3.8) is 0 Å². The number of aromatic nitrogens is 1. The minimum absolute atomic E-state index is 0.149. The number of carbonyl (C=O) groups is 1. The minimum Gasteiger partial charge on any atom is -0.466 e. The maximum absolute atomic E-state index is 10.9. The monoisotopic (exact) mass is 214 g/mol. The van der Waals surface area contributed by atoms with Gasteiger partial charge in [-0.3, -0.25) is 9.78 Å². The number of ether oxygens (including phenoxy) is 1. The molecule has 78 valence electrons. The van der Waals surface area contributed by atoms with E-state index in [2.05, 4.69) is 10.3 Å². The van der Waals surface area contributed by atoms with Gasteiger partial charge in [0, 0.05) is 24.2 Å². The normalized spacial score (nSPS) is 10.1. The summed E-state index contributed by atoms with van der Waals surface area (Å²) in [5.41, 5.74) is 1.79. The van der Waals surface area contributed by atoms with Gasteiger partial charge in [-0.25, -0.2) is 0 Å². The van der Waals surface area contributed by atoms with Crippen LogP contribution < -0.4 is 5.32 Å². The molecule has 0 saturated carbocycles. The molecule has 0 spiro atoms. The van der Waals surface area contributed by atoms with E-state index in [-0.39, 0.29) is 5.97 Å². The van der Waals surface area contributed by atoms with Crippen LogP contribution in [0.4, 0.5) is 0 Å². The van der Waals surface area contributed by atoms with Gasteiger partial charge in [0.15, 0.2) is 0 Å². The van der Waals surface area contributed by atoms with Gasteiger partial charge in [0.25, 0.3) is 0 Å². The number of nitrogens with one attached hydrogen (secondary N) is 1. The molecule has 0 fully saturated rings. The van der Waals surface area contributed by atoms with E-state index in [1.807, 2.05) is 13.1 Å². The number of hydrogen-bond acceptors (Lipinski definition) is 5. The third-order valence-electron chi connectivity index (χ3n) is 1.59. The lowest BCUT2D eigenvalue weighted by atomic mass is 10.4. The number of rotatable bonds is 6. The number of hydrogen-bond donors (Lipinski definition) is 1.